The van der Waals surface area contributed by atoms with Gasteiger partial charge in [-0.15, -0.1) is 0 Å². The first-order valence-corrected chi connectivity index (χ1v) is 4.75. The Morgan fingerprint density at radius 1 is 1.73 bits per heavy atom. The third kappa shape index (κ3) is 1.98. The van der Waals surface area contributed by atoms with Gasteiger partial charge in [0, 0.05) is 19.5 Å². The number of hydrogen-bond donors (Lipinski definition) is 2. The number of carbonyl (C=O) groups excluding carboxylic acids is 2. The molecule has 0 bridgehead atoms. The summed E-state index contributed by atoms with van der Waals surface area (Å²) in [4.78, 5) is 22.6. The minimum atomic E-state index is -0.410. The lowest BCUT2D eigenvalue weighted by Crippen LogP contribution is -2.37. The van der Waals surface area contributed by atoms with Crippen molar-refractivity contribution >= 4 is 17.6 Å². The Morgan fingerprint density at radius 2 is 2.53 bits per heavy atom. The summed E-state index contributed by atoms with van der Waals surface area (Å²) in [6.45, 7) is 0. The van der Waals surface area contributed by atoms with E-state index in [1.807, 2.05) is 0 Å². The zero-order valence-electron chi connectivity index (χ0n) is 8.36. The summed E-state index contributed by atoms with van der Waals surface area (Å²) >= 11 is 0. The second kappa shape index (κ2) is 3.72. The van der Waals surface area contributed by atoms with E-state index in [9.17, 15) is 9.59 Å². The van der Waals surface area contributed by atoms with Crippen LogP contribution in [-0.4, -0.2) is 27.6 Å². The van der Waals surface area contributed by atoms with Crippen molar-refractivity contribution in [3.63, 3.8) is 0 Å². The quantitative estimate of drug-likeness (QED) is 0.696. The van der Waals surface area contributed by atoms with Crippen LogP contribution in [-0.2, 0) is 16.6 Å². The molecular formula is C9H12N4O2. The summed E-state index contributed by atoms with van der Waals surface area (Å²) in [6.07, 6.45) is 2.58. The normalized spacial score (nSPS) is 20.1. The highest BCUT2D eigenvalue weighted by atomic mass is 16.2. The lowest BCUT2D eigenvalue weighted by atomic mass is 10.2. The second-order valence-corrected chi connectivity index (χ2v) is 3.49. The van der Waals surface area contributed by atoms with Crippen LogP contribution >= 0.6 is 0 Å². The van der Waals surface area contributed by atoms with Crippen LogP contribution in [0.25, 0.3) is 0 Å². The number of nitrogens with zero attached hydrogens (tertiary/aromatic N) is 2. The molecule has 2 amide bonds. The zero-order chi connectivity index (χ0) is 10.8. The van der Waals surface area contributed by atoms with Crippen molar-refractivity contribution in [3.8, 4) is 0 Å². The molecule has 1 aliphatic rings. The number of aryl methyl sites for hydroxylation is 1. The van der Waals surface area contributed by atoms with E-state index in [1.165, 1.54) is 0 Å². The number of carbonyl (C=O) groups is 2. The third-order valence-electron chi connectivity index (χ3n) is 2.38. The van der Waals surface area contributed by atoms with Crippen LogP contribution in [0.4, 0.5) is 5.82 Å². The lowest BCUT2D eigenvalue weighted by Gasteiger charge is -2.10. The first kappa shape index (κ1) is 9.70. The Morgan fingerprint density at radius 3 is 3.07 bits per heavy atom. The first-order chi connectivity index (χ1) is 7.16. The van der Waals surface area contributed by atoms with Gasteiger partial charge in [-0.25, -0.2) is 0 Å². The molecule has 1 fully saturated rings. The van der Waals surface area contributed by atoms with E-state index < -0.39 is 6.04 Å². The van der Waals surface area contributed by atoms with Gasteiger partial charge < -0.3 is 10.6 Å². The molecule has 15 heavy (non-hydrogen) atoms. The van der Waals surface area contributed by atoms with E-state index >= 15 is 0 Å². The van der Waals surface area contributed by atoms with E-state index in [4.69, 9.17) is 0 Å². The van der Waals surface area contributed by atoms with E-state index in [0.29, 0.717) is 18.7 Å². The highest BCUT2D eigenvalue weighted by Crippen LogP contribution is 2.10. The van der Waals surface area contributed by atoms with Gasteiger partial charge in [-0.1, -0.05) is 0 Å². The van der Waals surface area contributed by atoms with Crippen molar-refractivity contribution in [2.75, 3.05) is 5.32 Å². The summed E-state index contributed by atoms with van der Waals surface area (Å²) < 4.78 is 1.56. The van der Waals surface area contributed by atoms with Crippen molar-refractivity contribution in [1.29, 1.82) is 0 Å². The molecule has 1 aromatic heterocycles. The number of nitrogens with one attached hydrogen (secondary N) is 2. The summed E-state index contributed by atoms with van der Waals surface area (Å²) in [5.74, 6) is 0.366. The maximum Gasteiger partial charge on any atom is 0.248 e. The van der Waals surface area contributed by atoms with Crippen molar-refractivity contribution in [3.05, 3.63) is 12.3 Å². The molecule has 2 heterocycles. The van der Waals surface area contributed by atoms with E-state index in [0.717, 1.165) is 0 Å². The van der Waals surface area contributed by atoms with Crippen LogP contribution in [0.2, 0.25) is 0 Å². The largest absolute Gasteiger partial charge is 0.344 e. The van der Waals surface area contributed by atoms with Crippen LogP contribution in [0.3, 0.4) is 0 Å². The monoisotopic (exact) mass is 208 g/mol. The minimum Gasteiger partial charge on any atom is -0.344 e. The molecule has 6 nitrogen and oxygen atoms in total. The molecule has 0 aromatic carbocycles. The third-order valence-corrected chi connectivity index (χ3v) is 2.38. The fourth-order valence-electron chi connectivity index (χ4n) is 1.52. The molecule has 2 N–H and O–H groups in total. The van der Waals surface area contributed by atoms with Gasteiger partial charge in [0.2, 0.25) is 11.8 Å². The van der Waals surface area contributed by atoms with Crippen LogP contribution in [0.15, 0.2) is 12.3 Å². The predicted octanol–water partition coefficient (Wildman–Crippen LogP) is -0.363. The van der Waals surface area contributed by atoms with Crippen molar-refractivity contribution in [2.24, 2.45) is 7.05 Å². The van der Waals surface area contributed by atoms with E-state index in [-0.39, 0.29) is 11.8 Å². The maximum absolute atomic E-state index is 11.6. The lowest BCUT2D eigenvalue weighted by molar-refractivity contribution is -0.122. The van der Waals surface area contributed by atoms with Crippen LogP contribution in [0, 0.1) is 0 Å². The van der Waals surface area contributed by atoms with Crippen LogP contribution in [0.1, 0.15) is 12.8 Å². The molecule has 0 saturated carbocycles. The van der Waals surface area contributed by atoms with Gasteiger partial charge in [0.25, 0.3) is 0 Å². The molecule has 6 heteroatoms. The molecule has 0 spiro atoms. The van der Waals surface area contributed by atoms with Gasteiger partial charge in [0.1, 0.15) is 11.9 Å². The Balaban J connectivity index is 1.98. The average Bonchev–Trinajstić information content (AvgIpc) is 2.77. The van der Waals surface area contributed by atoms with E-state index in [2.05, 4.69) is 15.7 Å². The standard InChI is InChI=1S/C9H12N4O2/c1-13-7(4-5-10-13)12-9(15)6-2-3-8(14)11-6/h4-6H,2-3H2,1H3,(H,11,14)(H,12,15). The number of amides is 2. The number of anilines is 1. The molecule has 1 saturated heterocycles. The zero-order valence-corrected chi connectivity index (χ0v) is 8.36. The SMILES string of the molecule is Cn1nccc1NC(=O)C1CCC(=O)N1. The highest BCUT2D eigenvalue weighted by Gasteiger charge is 2.27. The van der Waals surface area contributed by atoms with Gasteiger partial charge in [-0.3, -0.25) is 14.3 Å². The van der Waals surface area contributed by atoms with Gasteiger partial charge in [0.15, 0.2) is 0 Å². The predicted molar refractivity (Wildman–Crippen MR) is 53.0 cm³/mol. The van der Waals surface area contributed by atoms with Gasteiger partial charge in [-0.05, 0) is 6.42 Å². The van der Waals surface area contributed by atoms with Gasteiger partial charge >= 0.3 is 0 Å². The topological polar surface area (TPSA) is 76.0 Å². The Hall–Kier alpha value is -1.85. The number of hydrogen-bond acceptors (Lipinski definition) is 3. The molecular weight excluding hydrogens is 196 g/mol. The number of aromatic nitrogens is 2. The van der Waals surface area contributed by atoms with Crippen LogP contribution < -0.4 is 10.6 Å². The molecule has 80 valence electrons. The Kier molecular flexibility index (Phi) is 2.40. The average molecular weight is 208 g/mol. The molecule has 1 aliphatic heterocycles. The minimum absolute atomic E-state index is 0.0693. The summed E-state index contributed by atoms with van der Waals surface area (Å²) in [5.41, 5.74) is 0. The number of rotatable bonds is 2. The summed E-state index contributed by atoms with van der Waals surface area (Å²) in [5, 5.41) is 9.23. The maximum atomic E-state index is 11.6. The van der Waals surface area contributed by atoms with Gasteiger partial charge in [0.05, 0.1) is 6.20 Å². The Labute approximate surface area is 86.6 Å². The smallest absolute Gasteiger partial charge is 0.248 e. The summed E-state index contributed by atoms with van der Waals surface area (Å²) in [6, 6.07) is 1.29. The first-order valence-electron chi connectivity index (χ1n) is 4.75. The van der Waals surface area contributed by atoms with Crippen molar-refractivity contribution in [1.82, 2.24) is 15.1 Å². The molecule has 0 radical (unpaired) electrons. The molecule has 1 aromatic rings. The van der Waals surface area contributed by atoms with Crippen LogP contribution in [0.5, 0.6) is 0 Å². The van der Waals surface area contributed by atoms with Gasteiger partial charge in [-0.2, -0.15) is 5.10 Å². The van der Waals surface area contributed by atoms with E-state index in [1.54, 1.807) is 24.0 Å². The van der Waals surface area contributed by atoms with Crippen molar-refractivity contribution < 1.29 is 9.59 Å². The van der Waals surface area contributed by atoms with Crippen molar-refractivity contribution in [2.45, 2.75) is 18.9 Å². The molecule has 0 aliphatic carbocycles. The molecule has 1 unspecified atom stereocenters. The fraction of sp³-hybridized carbons (Fsp3) is 0.444. The Bertz CT molecular complexity index is 399. The molecule has 1 atom stereocenters. The second-order valence-electron chi connectivity index (χ2n) is 3.49. The highest BCUT2D eigenvalue weighted by molar-refractivity contribution is 5.98. The molecule has 2 rings (SSSR count). The summed E-state index contributed by atoms with van der Waals surface area (Å²) in [7, 11) is 1.74. The fourth-order valence-corrected chi connectivity index (χ4v) is 1.52.